The number of quaternary nitrogens is 1. The van der Waals surface area contributed by atoms with E-state index in [0.29, 0.717) is 6.04 Å². The normalized spacial score (nSPS) is 21.8. The third kappa shape index (κ3) is 3.91. The molecule has 2 aliphatic rings. The van der Waals surface area contributed by atoms with Crippen LogP contribution in [0.25, 0.3) is 0 Å². The first-order chi connectivity index (χ1) is 13.0. The van der Waals surface area contributed by atoms with E-state index in [2.05, 4.69) is 74.4 Å². The quantitative estimate of drug-likeness (QED) is 0.677. The van der Waals surface area contributed by atoms with Crippen molar-refractivity contribution in [3.05, 3.63) is 65.2 Å². The molecule has 4 rings (SSSR count). The maximum absolute atomic E-state index is 2.74. The van der Waals surface area contributed by atoms with Crippen LogP contribution in [0, 0.1) is 6.92 Å². The fraction of sp³-hybridized carbons (Fsp3) is 0.520. The SMILES string of the molecule is Cc1ccccc1N(CC[C@H]1CCCC[N+]1(C)C)C1Cc2ccccc2C1. The van der Waals surface area contributed by atoms with Crippen molar-refractivity contribution in [3.8, 4) is 0 Å². The van der Waals surface area contributed by atoms with Gasteiger partial charge in [0.25, 0.3) is 0 Å². The molecule has 0 amide bonds. The zero-order valence-electron chi connectivity index (χ0n) is 17.3. The van der Waals surface area contributed by atoms with E-state index >= 15 is 0 Å². The predicted octanol–water partition coefficient (Wildman–Crippen LogP) is 4.99. The summed E-state index contributed by atoms with van der Waals surface area (Å²) in [5.41, 5.74) is 5.95. The molecule has 2 aromatic carbocycles. The first-order valence-corrected chi connectivity index (χ1v) is 10.8. The van der Waals surface area contributed by atoms with Crippen LogP contribution in [0.15, 0.2) is 48.5 Å². The molecule has 0 bridgehead atoms. The predicted molar refractivity (Wildman–Crippen MR) is 115 cm³/mol. The molecule has 2 heteroatoms. The van der Waals surface area contributed by atoms with Crippen LogP contribution < -0.4 is 4.90 Å². The summed E-state index contributed by atoms with van der Waals surface area (Å²) in [6.07, 6.45) is 7.86. The minimum absolute atomic E-state index is 0.600. The van der Waals surface area contributed by atoms with E-state index in [-0.39, 0.29) is 0 Å². The number of likely N-dealkylation sites (tertiary alicyclic amines) is 1. The molecule has 27 heavy (non-hydrogen) atoms. The number of aryl methyl sites for hydroxylation is 1. The summed E-state index contributed by atoms with van der Waals surface area (Å²) in [6, 6.07) is 19.4. The highest BCUT2D eigenvalue weighted by Gasteiger charge is 2.33. The largest absolute Gasteiger partial charge is 0.367 e. The number of fused-ring (bicyclic) bond motifs is 1. The van der Waals surface area contributed by atoms with E-state index < -0.39 is 0 Å². The topological polar surface area (TPSA) is 3.24 Å². The smallest absolute Gasteiger partial charge is 0.0903 e. The van der Waals surface area contributed by atoms with Crippen LogP contribution in [0.3, 0.4) is 0 Å². The average Bonchev–Trinajstić information content (AvgIpc) is 3.08. The van der Waals surface area contributed by atoms with E-state index in [1.54, 1.807) is 11.1 Å². The number of para-hydroxylation sites is 1. The van der Waals surface area contributed by atoms with Gasteiger partial charge in [0, 0.05) is 24.7 Å². The maximum atomic E-state index is 2.74. The highest BCUT2D eigenvalue weighted by atomic mass is 15.3. The van der Waals surface area contributed by atoms with E-state index in [0.717, 1.165) is 6.04 Å². The summed E-state index contributed by atoms with van der Waals surface area (Å²) in [4.78, 5) is 2.74. The standard InChI is InChI=1S/C25H35N2/c1-20-10-4-7-14-25(20)26(16-15-24-13-8-9-17-27(24,2)3)23-18-21-11-5-6-12-22(21)19-23/h4-7,10-12,14,23-24H,8-9,13,15-19H2,1-3H3/q+1/t24-/m1/s1. The lowest BCUT2D eigenvalue weighted by Crippen LogP contribution is -2.53. The van der Waals surface area contributed by atoms with Gasteiger partial charge in [0.15, 0.2) is 0 Å². The van der Waals surface area contributed by atoms with Gasteiger partial charge >= 0.3 is 0 Å². The Labute approximate surface area is 165 Å². The van der Waals surface area contributed by atoms with Gasteiger partial charge < -0.3 is 9.38 Å². The molecule has 1 aliphatic heterocycles. The van der Waals surface area contributed by atoms with Gasteiger partial charge in [0.2, 0.25) is 0 Å². The molecule has 1 saturated heterocycles. The van der Waals surface area contributed by atoms with Gasteiger partial charge in [-0.15, -0.1) is 0 Å². The molecule has 0 saturated carbocycles. The number of nitrogens with zero attached hydrogens (tertiary/aromatic N) is 2. The van der Waals surface area contributed by atoms with Crippen LogP contribution in [-0.2, 0) is 12.8 Å². The van der Waals surface area contributed by atoms with Crippen LogP contribution in [0.1, 0.15) is 42.4 Å². The molecule has 1 aliphatic carbocycles. The highest BCUT2D eigenvalue weighted by Crippen LogP contribution is 2.32. The summed E-state index contributed by atoms with van der Waals surface area (Å²) in [5, 5.41) is 0. The van der Waals surface area contributed by atoms with Crippen LogP contribution in [0.4, 0.5) is 5.69 Å². The Balaban J connectivity index is 1.55. The van der Waals surface area contributed by atoms with Crippen LogP contribution in [0.5, 0.6) is 0 Å². The van der Waals surface area contributed by atoms with Gasteiger partial charge in [0.1, 0.15) is 0 Å². The Morgan fingerprint density at radius 2 is 1.59 bits per heavy atom. The number of piperidine rings is 1. The van der Waals surface area contributed by atoms with Gasteiger partial charge in [0.05, 0.1) is 26.7 Å². The average molecular weight is 364 g/mol. The Morgan fingerprint density at radius 3 is 2.26 bits per heavy atom. The molecule has 1 heterocycles. The van der Waals surface area contributed by atoms with Crippen molar-refractivity contribution in [1.82, 2.24) is 0 Å². The van der Waals surface area contributed by atoms with Crippen molar-refractivity contribution in [2.75, 3.05) is 32.1 Å². The number of rotatable bonds is 5. The molecular formula is C25H35N2+. The lowest BCUT2D eigenvalue weighted by Gasteiger charge is -2.43. The van der Waals surface area contributed by atoms with Gasteiger partial charge in [-0.3, -0.25) is 0 Å². The van der Waals surface area contributed by atoms with Gasteiger partial charge in [-0.25, -0.2) is 0 Å². The van der Waals surface area contributed by atoms with E-state index in [4.69, 9.17) is 0 Å². The summed E-state index contributed by atoms with van der Waals surface area (Å²) in [7, 11) is 4.88. The Hall–Kier alpha value is -1.80. The number of anilines is 1. The molecule has 0 N–H and O–H groups in total. The third-order valence-corrected chi connectivity index (χ3v) is 7.11. The monoisotopic (exact) mass is 363 g/mol. The second kappa shape index (κ2) is 7.67. The Kier molecular flexibility index (Phi) is 5.27. The van der Waals surface area contributed by atoms with Crippen LogP contribution in [-0.4, -0.2) is 43.8 Å². The number of benzene rings is 2. The van der Waals surface area contributed by atoms with Gasteiger partial charge in [-0.2, -0.15) is 0 Å². The van der Waals surface area contributed by atoms with Gasteiger partial charge in [-0.05, 0) is 61.8 Å². The Morgan fingerprint density at radius 1 is 0.926 bits per heavy atom. The third-order valence-electron chi connectivity index (χ3n) is 7.11. The van der Waals surface area contributed by atoms with Crippen molar-refractivity contribution in [2.24, 2.45) is 0 Å². The van der Waals surface area contributed by atoms with Crippen molar-refractivity contribution < 1.29 is 4.48 Å². The van der Waals surface area contributed by atoms with Crippen molar-refractivity contribution >= 4 is 5.69 Å². The summed E-state index contributed by atoms with van der Waals surface area (Å²) in [5.74, 6) is 0. The molecule has 2 nitrogen and oxygen atoms in total. The first kappa shape index (κ1) is 18.6. The second-order valence-corrected chi connectivity index (χ2v) is 9.25. The van der Waals surface area contributed by atoms with Crippen molar-refractivity contribution in [1.29, 1.82) is 0 Å². The molecule has 1 fully saturated rings. The first-order valence-electron chi connectivity index (χ1n) is 10.8. The van der Waals surface area contributed by atoms with Crippen LogP contribution >= 0.6 is 0 Å². The lowest BCUT2D eigenvalue weighted by molar-refractivity contribution is -0.920. The highest BCUT2D eigenvalue weighted by molar-refractivity contribution is 5.55. The van der Waals surface area contributed by atoms with E-state index in [9.17, 15) is 0 Å². The molecule has 144 valence electrons. The molecule has 0 unspecified atom stereocenters. The summed E-state index contributed by atoms with van der Waals surface area (Å²) < 4.78 is 1.20. The fourth-order valence-corrected chi connectivity index (χ4v) is 5.35. The maximum Gasteiger partial charge on any atom is 0.0903 e. The lowest BCUT2D eigenvalue weighted by atomic mass is 9.96. The molecular weight excluding hydrogens is 328 g/mol. The minimum atomic E-state index is 0.600. The zero-order valence-corrected chi connectivity index (χ0v) is 17.3. The fourth-order valence-electron chi connectivity index (χ4n) is 5.35. The number of hydrogen-bond donors (Lipinski definition) is 0. The summed E-state index contributed by atoms with van der Waals surface area (Å²) >= 11 is 0. The van der Waals surface area contributed by atoms with Crippen LogP contribution in [0.2, 0.25) is 0 Å². The molecule has 0 radical (unpaired) electrons. The molecule has 2 aromatic rings. The van der Waals surface area contributed by atoms with Gasteiger partial charge in [-0.1, -0.05) is 42.5 Å². The summed E-state index contributed by atoms with van der Waals surface area (Å²) in [6.45, 7) is 4.78. The molecule has 1 atom stereocenters. The number of hydrogen-bond acceptors (Lipinski definition) is 1. The van der Waals surface area contributed by atoms with E-state index in [1.807, 2.05) is 0 Å². The molecule has 0 aromatic heterocycles. The minimum Gasteiger partial charge on any atom is -0.367 e. The van der Waals surface area contributed by atoms with Crippen molar-refractivity contribution in [2.45, 2.75) is 57.5 Å². The second-order valence-electron chi connectivity index (χ2n) is 9.25. The van der Waals surface area contributed by atoms with Crippen molar-refractivity contribution in [3.63, 3.8) is 0 Å². The zero-order chi connectivity index (χ0) is 18.9. The molecule has 0 spiro atoms. The van der Waals surface area contributed by atoms with E-state index in [1.165, 1.54) is 67.3 Å². The Bertz CT molecular complexity index is 754.